The fraction of sp³-hybridized carbons (Fsp3) is 0.604. The summed E-state index contributed by atoms with van der Waals surface area (Å²) >= 11 is 17.7. The Labute approximate surface area is 465 Å². The van der Waals surface area contributed by atoms with Crippen LogP contribution in [-0.2, 0) is 86.8 Å². The average Bonchev–Trinajstić information content (AvgIpc) is 3.36. The molecule has 0 spiro atoms. The lowest BCUT2D eigenvalue weighted by Crippen LogP contribution is -2.74. The van der Waals surface area contributed by atoms with Crippen molar-refractivity contribution < 1.29 is 116 Å². The Bertz CT molecular complexity index is 2520. The number of benzene rings is 2. The normalized spacial score (nSPS) is 25.3. The standard InChI is InChI=1S/C48H58Cl3F5N2O20Si/c1-21(59)66-18-27-35(71-22(2)60)39(72-23(3)61)40(73-24(4)62)43(75-27)77-38-34(58-45(65)69-20-48(49,50)51)42(74-28-19-70-79(46(5,6)7,47(8,9)10)78-36(28)38)67-17-26(57-44(64)68-16-25-14-12-11-13-15-25)41(63)76-37-32(55)30(53)29(52)31(54)33(37)56/h11-15,26-28,34-36,38-40,42-43H,16-20H2,1-10H3,(H,57,64)(H,58,65)/t26-,27+,28+,34+,35-,36-,38+,39-,40+,42-,43-/m0/s1. The van der Waals surface area contributed by atoms with Crippen molar-refractivity contribution in [1.29, 1.82) is 0 Å². The molecule has 5 rings (SSSR count). The van der Waals surface area contributed by atoms with Crippen LogP contribution in [0.3, 0.4) is 0 Å². The number of halogens is 8. The van der Waals surface area contributed by atoms with Crippen LogP contribution >= 0.6 is 34.8 Å². The number of alkyl carbamates (subject to hydrolysis) is 2. The van der Waals surface area contributed by atoms with Gasteiger partial charge in [0.25, 0.3) is 0 Å². The first kappa shape index (κ1) is 64.6. The molecular formula is C48H58Cl3F5N2O20Si. The van der Waals surface area contributed by atoms with Crippen molar-refractivity contribution in [2.24, 2.45) is 0 Å². The highest BCUT2D eigenvalue weighted by Crippen LogP contribution is 2.55. The zero-order valence-electron chi connectivity index (χ0n) is 44.0. The van der Waals surface area contributed by atoms with Gasteiger partial charge in [0.1, 0.15) is 50.3 Å². The number of hydrogen-bond acceptors (Lipinski definition) is 20. The third kappa shape index (κ3) is 16.5. The molecule has 0 bridgehead atoms. The molecule has 22 nitrogen and oxygen atoms in total. The minimum Gasteiger partial charge on any atom is -0.463 e. The van der Waals surface area contributed by atoms with Crippen LogP contribution in [0, 0.1) is 29.1 Å². The van der Waals surface area contributed by atoms with E-state index in [0.29, 0.717) is 5.56 Å². The Balaban J connectivity index is 1.68. The van der Waals surface area contributed by atoms with Crippen LogP contribution in [0.2, 0.25) is 10.1 Å². The number of esters is 5. The van der Waals surface area contributed by atoms with E-state index in [1.165, 1.54) is 0 Å². The van der Waals surface area contributed by atoms with E-state index in [0.717, 1.165) is 27.7 Å². The highest BCUT2D eigenvalue weighted by molar-refractivity contribution is 6.73. The van der Waals surface area contributed by atoms with E-state index in [4.69, 9.17) is 95.8 Å². The van der Waals surface area contributed by atoms with Crippen molar-refractivity contribution in [2.75, 3.05) is 26.4 Å². The first-order chi connectivity index (χ1) is 36.6. The Morgan fingerprint density at radius 2 is 1.24 bits per heavy atom. The molecule has 0 aromatic heterocycles. The van der Waals surface area contributed by atoms with E-state index in [2.05, 4.69) is 5.32 Å². The first-order valence-corrected chi connectivity index (χ1v) is 26.8. The lowest BCUT2D eigenvalue weighted by molar-refractivity contribution is -0.349. The smallest absolute Gasteiger partial charge is 0.408 e. The molecule has 0 radical (unpaired) electrons. The van der Waals surface area contributed by atoms with Crippen LogP contribution < -0.4 is 15.4 Å². The van der Waals surface area contributed by atoms with Crippen LogP contribution in [0.15, 0.2) is 30.3 Å². The molecule has 2 amide bonds. The molecule has 3 aliphatic rings. The van der Waals surface area contributed by atoms with Gasteiger partial charge in [0, 0.05) is 37.8 Å². The van der Waals surface area contributed by atoms with Crippen molar-refractivity contribution >= 4 is 85.4 Å². The molecule has 3 heterocycles. The van der Waals surface area contributed by atoms with Gasteiger partial charge in [0.05, 0.1) is 13.2 Å². The molecule has 2 aromatic carbocycles. The van der Waals surface area contributed by atoms with Gasteiger partial charge in [-0.3, -0.25) is 19.2 Å². The van der Waals surface area contributed by atoms with E-state index in [1.54, 1.807) is 30.3 Å². The second-order valence-corrected chi connectivity index (χ2v) is 27.3. The summed E-state index contributed by atoms with van der Waals surface area (Å²) in [6.07, 6.45) is -18.5. The molecule has 2 N–H and O–H groups in total. The third-order valence-electron chi connectivity index (χ3n) is 11.9. The van der Waals surface area contributed by atoms with Crippen molar-refractivity contribution in [2.45, 2.75) is 157 Å². The quantitative estimate of drug-likeness (QED) is 0.0243. The van der Waals surface area contributed by atoms with Gasteiger partial charge in [-0.2, -0.15) is 8.78 Å². The molecule has 3 saturated heterocycles. The van der Waals surface area contributed by atoms with Crippen LogP contribution in [-0.4, -0.2) is 148 Å². The molecule has 0 unspecified atom stereocenters. The molecule has 31 heteroatoms. The molecule has 440 valence electrons. The van der Waals surface area contributed by atoms with Crippen molar-refractivity contribution in [3.8, 4) is 5.75 Å². The van der Waals surface area contributed by atoms with Gasteiger partial charge in [-0.15, -0.1) is 0 Å². The van der Waals surface area contributed by atoms with Crippen LogP contribution in [0.4, 0.5) is 31.5 Å². The number of amides is 2. The summed E-state index contributed by atoms with van der Waals surface area (Å²) in [6.45, 7) is 11.3. The Morgan fingerprint density at radius 1 is 0.684 bits per heavy atom. The highest BCUT2D eigenvalue weighted by Gasteiger charge is 2.66. The number of alkyl halides is 3. The van der Waals surface area contributed by atoms with E-state index in [-0.39, 0.29) is 6.61 Å². The minimum atomic E-state index is -3.71. The van der Waals surface area contributed by atoms with Crippen molar-refractivity contribution in [1.82, 2.24) is 10.6 Å². The van der Waals surface area contributed by atoms with E-state index >= 15 is 0 Å². The summed E-state index contributed by atoms with van der Waals surface area (Å²) < 4.78 is 147. The summed E-state index contributed by atoms with van der Waals surface area (Å²) in [5.74, 6) is -20.6. The zero-order valence-corrected chi connectivity index (χ0v) is 47.2. The molecule has 3 aliphatic heterocycles. The van der Waals surface area contributed by atoms with Gasteiger partial charge in [-0.25, -0.2) is 27.6 Å². The van der Waals surface area contributed by atoms with Gasteiger partial charge in [-0.05, 0) is 5.56 Å². The van der Waals surface area contributed by atoms with Gasteiger partial charge in [0.15, 0.2) is 36.9 Å². The lowest BCUT2D eigenvalue weighted by Gasteiger charge is -2.58. The topological polar surface area (TPSA) is 264 Å². The number of carbonyl (C=O) groups excluding carboxylic acids is 7. The largest absolute Gasteiger partial charge is 0.463 e. The summed E-state index contributed by atoms with van der Waals surface area (Å²) in [6, 6.07) is 3.74. The Kier molecular flexibility index (Phi) is 21.8. The van der Waals surface area contributed by atoms with Gasteiger partial charge >= 0.3 is 50.6 Å². The fourth-order valence-corrected chi connectivity index (χ4v) is 14.0. The fourth-order valence-electron chi connectivity index (χ4n) is 8.87. The number of nitrogens with one attached hydrogen (secondary N) is 2. The van der Waals surface area contributed by atoms with E-state index in [9.17, 15) is 55.5 Å². The monoisotopic (exact) mass is 1210 g/mol. The van der Waals surface area contributed by atoms with E-state index < -0.39 is 193 Å². The molecule has 11 atom stereocenters. The molecule has 0 saturated carbocycles. The Hall–Kier alpha value is -5.17. The maximum absolute atomic E-state index is 15.0. The van der Waals surface area contributed by atoms with Crippen molar-refractivity contribution in [3.05, 3.63) is 65.0 Å². The molecular weight excluding hydrogens is 1150 g/mol. The van der Waals surface area contributed by atoms with Crippen molar-refractivity contribution in [3.63, 3.8) is 0 Å². The lowest BCUT2D eigenvalue weighted by atomic mass is 9.95. The number of hydrogen-bond donors (Lipinski definition) is 2. The average molecular weight is 1210 g/mol. The molecule has 3 fully saturated rings. The van der Waals surface area contributed by atoms with Gasteiger partial charge in [-0.1, -0.05) is 107 Å². The minimum absolute atomic E-state index is 0.357. The molecule has 79 heavy (non-hydrogen) atoms. The molecule has 2 aromatic rings. The predicted molar refractivity (Wildman–Crippen MR) is 261 cm³/mol. The summed E-state index contributed by atoms with van der Waals surface area (Å²) in [7, 11) is -3.71. The highest BCUT2D eigenvalue weighted by atomic mass is 35.6. The number of fused-ring (bicyclic) bond motifs is 1. The number of carbonyl (C=O) groups is 7. The van der Waals surface area contributed by atoms with E-state index in [1.807, 2.05) is 46.9 Å². The third-order valence-corrected chi connectivity index (χ3v) is 17.3. The summed E-state index contributed by atoms with van der Waals surface area (Å²) in [5.41, 5.74) is 0.430. The Morgan fingerprint density at radius 3 is 1.78 bits per heavy atom. The summed E-state index contributed by atoms with van der Waals surface area (Å²) in [5, 5.41) is 2.89. The van der Waals surface area contributed by atoms with Gasteiger partial charge < -0.3 is 71.6 Å². The number of rotatable bonds is 17. The SMILES string of the molecule is CC(=O)OC[C@H]1O[C@@H](O[C@@H]2[C@@H](NC(=O)OCC(Cl)(Cl)Cl)[C@@H](OC[C@H](NC(=O)OCc3ccccc3)C(=O)Oc3c(F)c(F)c(F)c(F)c3F)O[C@@H]3CO[Si](C(C)(C)C)(C(C)(C)C)O[C@H]23)[C@H](OC(C)=O)[C@@H](OC(C)=O)[C@H]1OC(C)=O. The van der Waals surface area contributed by atoms with Crippen LogP contribution in [0.5, 0.6) is 5.75 Å². The molecule has 0 aliphatic carbocycles. The number of ether oxygens (including phenoxy) is 11. The van der Waals surface area contributed by atoms with Crippen LogP contribution in [0.25, 0.3) is 0 Å². The maximum atomic E-state index is 15.0. The van der Waals surface area contributed by atoms with Gasteiger partial charge in [0.2, 0.25) is 38.6 Å². The second kappa shape index (κ2) is 26.6. The summed E-state index contributed by atoms with van der Waals surface area (Å²) in [4.78, 5) is 91.6. The second-order valence-electron chi connectivity index (χ2n) is 20.0. The zero-order chi connectivity index (χ0) is 59.1. The first-order valence-electron chi connectivity index (χ1n) is 23.9. The predicted octanol–water partition coefficient (Wildman–Crippen LogP) is 6.72. The maximum Gasteiger partial charge on any atom is 0.408 e. The van der Waals surface area contributed by atoms with Crippen LogP contribution in [0.1, 0.15) is 74.8 Å².